The summed E-state index contributed by atoms with van der Waals surface area (Å²) in [5.41, 5.74) is 2.72. The van der Waals surface area contributed by atoms with E-state index >= 15 is 0 Å². The zero-order chi connectivity index (χ0) is 14.2. The lowest BCUT2D eigenvalue weighted by Gasteiger charge is -2.19. The molecule has 0 unspecified atom stereocenters. The van der Waals surface area contributed by atoms with Crippen LogP contribution < -0.4 is 0 Å². The SMILES string of the molecule is CCn1c(C(C)(C)C)nc2cc(CC(=O)O)ccc21. The van der Waals surface area contributed by atoms with Crippen LogP contribution in [0.2, 0.25) is 0 Å². The number of fused-ring (bicyclic) bond motifs is 1. The highest BCUT2D eigenvalue weighted by Gasteiger charge is 2.22. The Balaban J connectivity index is 2.59. The predicted molar refractivity (Wildman–Crippen MR) is 75.4 cm³/mol. The van der Waals surface area contributed by atoms with Crippen molar-refractivity contribution in [2.24, 2.45) is 0 Å². The van der Waals surface area contributed by atoms with Crippen molar-refractivity contribution in [3.63, 3.8) is 0 Å². The van der Waals surface area contributed by atoms with E-state index in [4.69, 9.17) is 10.1 Å². The quantitative estimate of drug-likeness (QED) is 0.923. The number of aryl methyl sites for hydroxylation is 1. The van der Waals surface area contributed by atoms with Gasteiger partial charge in [0.25, 0.3) is 0 Å². The fraction of sp³-hybridized carbons (Fsp3) is 0.467. The molecule has 1 aromatic carbocycles. The first kappa shape index (κ1) is 13.6. The minimum Gasteiger partial charge on any atom is -0.481 e. The zero-order valence-electron chi connectivity index (χ0n) is 11.9. The number of nitrogens with zero attached hydrogens (tertiary/aromatic N) is 2. The van der Waals surface area contributed by atoms with E-state index in [1.54, 1.807) is 0 Å². The van der Waals surface area contributed by atoms with Crippen LogP contribution in [0.3, 0.4) is 0 Å². The van der Waals surface area contributed by atoms with Crippen molar-refractivity contribution in [2.75, 3.05) is 0 Å². The first-order valence-corrected chi connectivity index (χ1v) is 6.54. The molecule has 0 saturated carbocycles. The third kappa shape index (κ3) is 2.62. The fourth-order valence-corrected chi connectivity index (χ4v) is 2.35. The highest BCUT2D eigenvalue weighted by atomic mass is 16.4. The molecule has 1 N–H and O–H groups in total. The third-order valence-corrected chi connectivity index (χ3v) is 3.16. The van der Waals surface area contributed by atoms with Crippen molar-refractivity contribution in [2.45, 2.75) is 46.1 Å². The number of aliphatic carboxylic acids is 1. The summed E-state index contributed by atoms with van der Waals surface area (Å²) in [7, 11) is 0. The van der Waals surface area contributed by atoms with Crippen LogP contribution in [-0.2, 0) is 23.2 Å². The topological polar surface area (TPSA) is 55.1 Å². The van der Waals surface area contributed by atoms with E-state index in [0.29, 0.717) is 0 Å². The average molecular weight is 260 g/mol. The number of aromatic nitrogens is 2. The molecule has 0 fully saturated rings. The summed E-state index contributed by atoms with van der Waals surface area (Å²) in [6.07, 6.45) is 0.0414. The molecule has 0 aliphatic carbocycles. The van der Waals surface area contributed by atoms with Gasteiger partial charge in [-0.3, -0.25) is 4.79 Å². The molecule has 0 spiro atoms. The molecule has 0 amide bonds. The van der Waals surface area contributed by atoms with E-state index in [-0.39, 0.29) is 11.8 Å². The standard InChI is InChI=1S/C15H20N2O2/c1-5-17-12-7-6-10(9-13(18)19)8-11(12)16-14(17)15(2,3)4/h6-8H,5,9H2,1-4H3,(H,18,19). The van der Waals surface area contributed by atoms with E-state index in [2.05, 4.69) is 32.3 Å². The number of benzene rings is 1. The molecule has 2 aromatic rings. The molecule has 0 saturated heterocycles. The van der Waals surface area contributed by atoms with Gasteiger partial charge in [-0.1, -0.05) is 26.8 Å². The number of carboxylic acids is 1. The lowest BCUT2D eigenvalue weighted by Crippen LogP contribution is -2.18. The van der Waals surface area contributed by atoms with Crippen LogP contribution in [0.4, 0.5) is 0 Å². The van der Waals surface area contributed by atoms with Gasteiger partial charge in [-0.25, -0.2) is 4.98 Å². The van der Waals surface area contributed by atoms with Crippen LogP contribution in [0.5, 0.6) is 0 Å². The van der Waals surface area contributed by atoms with Gasteiger partial charge in [0.05, 0.1) is 17.5 Å². The van der Waals surface area contributed by atoms with Crippen molar-refractivity contribution < 1.29 is 9.90 Å². The summed E-state index contributed by atoms with van der Waals surface area (Å²) >= 11 is 0. The molecule has 0 atom stereocenters. The summed E-state index contributed by atoms with van der Waals surface area (Å²) in [6.45, 7) is 9.37. The molecule has 0 radical (unpaired) electrons. The molecule has 19 heavy (non-hydrogen) atoms. The van der Waals surface area contributed by atoms with Crippen LogP contribution in [0.15, 0.2) is 18.2 Å². The molecular formula is C15H20N2O2. The van der Waals surface area contributed by atoms with Crippen molar-refractivity contribution >= 4 is 17.0 Å². The highest BCUT2D eigenvalue weighted by Crippen LogP contribution is 2.27. The summed E-state index contributed by atoms with van der Waals surface area (Å²) in [4.78, 5) is 15.5. The number of carbonyl (C=O) groups is 1. The van der Waals surface area contributed by atoms with E-state index in [1.165, 1.54) is 0 Å². The molecule has 2 rings (SSSR count). The van der Waals surface area contributed by atoms with Crippen LogP contribution in [-0.4, -0.2) is 20.6 Å². The summed E-state index contributed by atoms with van der Waals surface area (Å²) in [6, 6.07) is 5.72. The van der Waals surface area contributed by atoms with Crippen LogP contribution in [0.1, 0.15) is 39.1 Å². The Kier molecular flexibility index (Phi) is 3.35. The Morgan fingerprint density at radius 1 is 1.37 bits per heavy atom. The molecule has 4 nitrogen and oxygen atoms in total. The van der Waals surface area contributed by atoms with E-state index in [0.717, 1.165) is 29.0 Å². The lowest BCUT2D eigenvalue weighted by atomic mass is 9.96. The number of carboxylic acid groups (broad SMARTS) is 1. The van der Waals surface area contributed by atoms with Crippen LogP contribution >= 0.6 is 0 Å². The first-order valence-electron chi connectivity index (χ1n) is 6.54. The van der Waals surface area contributed by atoms with Crippen molar-refractivity contribution in [1.29, 1.82) is 0 Å². The monoisotopic (exact) mass is 260 g/mol. The minimum atomic E-state index is -0.815. The lowest BCUT2D eigenvalue weighted by molar-refractivity contribution is -0.136. The maximum absolute atomic E-state index is 10.8. The molecule has 0 aliphatic rings. The van der Waals surface area contributed by atoms with E-state index in [1.807, 2.05) is 18.2 Å². The second kappa shape index (κ2) is 4.68. The molecule has 1 heterocycles. The molecule has 1 aromatic heterocycles. The molecule has 0 bridgehead atoms. The van der Waals surface area contributed by atoms with Gasteiger partial charge in [0.15, 0.2) is 0 Å². The number of hydrogen-bond donors (Lipinski definition) is 1. The van der Waals surface area contributed by atoms with Crippen LogP contribution in [0, 0.1) is 0 Å². The van der Waals surface area contributed by atoms with Gasteiger partial charge in [-0.05, 0) is 24.6 Å². The summed E-state index contributed by atoms with van der Waals surface area (Å²) in [5, 5.41) is 8.85. The predicted octanol–water partition coefficient (Wildman–Crippen LogP) is 2.98. The van der Waals surface area contributed by atoms with Crippen LogP contribution in [0.25, 0.3) is 11.0 Å². The Labute approximate surface area is 113 Å². The van der Waals surface area contributed by atoms with Gasteiger partial charge in [0, 0.05) is 12.0 Å². The Bertz CT molecular complexity index is 621. The second-order valence-corrected chi connectivity index (χ2v) is 5.82. The number of rotatable bonds is 3. The van der Waals surface area contributed by atoms with Gasteiger partial charge in [-0.15, -0.1) is 0 Å². The number of hydrogen-bond acceptors (Lipinski definition) is 2. The van der Waals surface area contributed by atoms with Gasteiger partial charge in [0.2, 0.25) is 0 Å². The largest absolute Gasteiger partial charge is 0.481 e. The normalized spacial score (nSPS) is 12.0. The molecule has 102 valence electrons. The Hall–Kier alpha value is -1.84. The van der Waals surface area contributed by atoms with Gasteiger partial charge in [-0.2, -0.15) is 0 Å². The molecule has 4 heteroatoms. The third-order valence-electron chi connectivity index (χ3n) is 3.16. The Morgan fingerprint density at radius 2 is 2.05 bits per heavy atom. The summed E-state index contributed by atoms with van der Waals surface area (Å²) in [5.74, 6) is 0.225. The maximum atomic E-state index is 10.8. The summed E-state index contributed by atoms with van der Waals surface area (Å²) < 4.78 is 2.19. The Morgan fingerprint density at radius 3 is 2.58 bits per heavy atom. The molecular weight excluding hydrogens is 240 g/mol. The van der Waals surface area contributed by atoms with Gasteiger partial charge in [0.1, 0.15) is 5.82 Å². The molecule has 0 aliphatic heterocycles. The highest BCUT2D eigenvalue weighted by molar-refractivity contribution is 5.79. The van der Waals surface area contributed by atoms with Crippen molar-refractivity contribution in [3.8, 4) is 0 Å². The zero-order valence-corrected chi connectivity index (χ0v) is 11.9. The second-order valence-electron chi connectivity index (χ2n) is 5.82. The maximum Gasteiger partial charge on any atom is 0.307 e. The average Bonchev–Trinajstić information content (AvgIpc) is 2.65. The van der Waals surface area contributed by atoms with Gasteiger partial charge < -0.3 is 9.67 Å². The van der Waals surface area contributed by atoms with E-state index in [9.17, 15) is 4.79 Å². The van der Waals surface area contributed by atoms with E-state index < -0.39 is 5.97 Å². The van der Waals surface area contributed by atoms with Gasteiger partial charge >= 0.3 is 5.97 Å². The minimum absolute atomic E-state index is 0.0258. The first-order chi connectivity index (χ1) is 8.82. The van der Waals surface area contributed by atoms with Crippen molar-refractivity contribution in [3.05, 3.63) is 29.6 Å². The smallest absolute Gasteiger partial charge is 0.307 e. The fourth-order valence-electron chi connectivity index (χ4n) is 2.35. The van der Waals surface area contributed by atoms with Crippen molar-refractivity contribution in [1.82, 2.24) is 9.55 Å². The number of imidazole rings is 1.